The van der Waals surface area contributed by atoms with Crippen molar-refractivity contribution in [2.45, 2.75) is 16.8 Å². The Kier molecular flexibility index (Phi) is 4.49. The Morgan fingerprint density at radius 3 is 3.00 bits per heavy atom. The Morgan fingerprint density at radius 1 is 1.36 bits per heavy atom. The number of carbonyl (C=O) groups is 1. The Hall–Kier alpha value is -1.41. The molecule has 2 aromatic rings. The normalized spacial score (nSPS) is 14.2. The van der Waals surface area contributed by atoms with Crippen LogP contribution in [0, 0.1) is 6.92 Å². The number of fused-ring (bicyclic) bond motifs is 1. The van der Waals surface area contributed by atoms with E-state index < -0.39 is 0 Å². The molecule has 3 heterocycles. The Morgan fingerprint density at radius 2 is 2.18 bits per heavy atom. The zero-order valence-corrected chi connectivity index (χ0v) is 13.9. The fourth-order valence-corrected chi connectivity index (χ4v) is 3.29. The molecular weight excluding hydrogens is 345 g/mol. The number of aryl methyl sites for hydroxylation is 1. The van der Waals surface area contributed by atoms with Crippen molar-refractivity contribution in [2.75, 3.05) is 13.1 Å². The van der Waals surface area contributed by atoms with Gasteiger partial charge in [-0.3, -0.25) is 10.1 Å². The van der Waals surface area contributed by atoms with Gasteiger partial charge in [0.2, 0.25) is 5.69 Å². The molecule has 1 aliphatic heterocycles. The summed E-state index contributed by atoms with van der Waals surface area (Å²) in [4.78, 5) is 25.6. The van der Waals surface area contributed by atoms with E-state index in [2.05, 4.69) is 20.3 Å². The largest absolute Gasteiger partial charge is 0.345 e. The summed E-state index contributed by atoms with van der Waals surface area (Å²) < 4.78 is 0. The number of nitrogens with two attached hydrogens (primary N) is 1. The fraction of sp³-hybridized carbons (Fsp3) is 0.231. The smallest absolute Gasteiger partial charge is 0.278 e. The maximum Gasteiger partial charge on any atom is 0.278 e. The van der Waals surface area contributed by atoms with Crippen LogP contribution in [0.4, 0.5) is 5.82 Å². The van der Waals surface area contributed by atoms with E-state index in [1.807, 2.05) is 12.2 Å². The van der Waals surface area contributed by atoms with E-state index in [-0.39, 0.29) is 11.1 Å². The van der Waals surface area contributed by atoms with Crippen molar-refractivity contribution in [3.63, 3.8) is 0 Å². The number of nitrogens with one attached hydrogen (secondary N) is 1. The number of hydrogen-bond donors (Lipinski definition) is 2. The van der Waals surface area contributed by atoms with Gasteiger partial charge in [-0.25, -0.2) is 9.97 Å². The molecule has 2 aromatic heterocycles. The van der Waals surface area contributed by atoms with E-state index in [9.17, 15) is 4.79 Å². The van der Waals surface area contributed by atoms with Crippen molar-refractivity contribution in [1.82, 2.24) is 20.3 Å². The number of hydrogen-bond acceptors (Lipinski definition) is 5. The molecule has 0 fully saturated rings. The summed E-state index contributed by atoms with van der Waals surface area (Å²) in [6.07, 6.45) is 1.57. The molecule has 1 amide bonds. The highest BCUT2D eigenvalue weighted by Gasteiger charge is 2.24. The SMILES string of the molecule is Cc1nc2c(nc1Sc1ccnc(Cl)c1Cl)C(=O)NCC[NH2+]2. The van der Waals surface area contributed by atoms with Gasteiger partial charge >= 0.3 is 0 Å². The van der Waals surface area contributed by atoms with Crippen LogP contribution in [0.5, 0.6) is 0 Å². The van der Waals surface area contributed by atoms with Crippen molar-refractivity contribution in [1.29, 1.82) is 0 Å². The molecule has 6 nitrogen and oxygen atoms in total. The minimum atomic E-state index is -0.211. The number of halogens is 2. The van der Waals surface area contributed by atoms with Gasteiger partial charge in [-0.05, 0) is 13.0 Å². The van der Waals surface area contributed by atoms with Crippen LogP contribution in [0.25, 0.3) is 0 Å². The summed E-state index contributed by atoms with van der Waals surface area (Å²) in [5.41, 5.74) is 1.07. The summed E-state index contributed by atoms with van der Waals surface area (Å²) in [7, 11) is 0. The minimum absolute atomic E-state index is 0.211. The molecule has 0 saturated heterocycles. The van der Waals surface area contributed by atoms with Gasteiger partial charge in [0.05, 0.1) is 23.8 Å². The average molecular weight is 357 g/mol. The molecule has 22 heavy (non-hydrogen) atoms. The maximum atomic E-state index is 12.0. The van der Waals surface area contributed by atoms with Crippen LogP contribution in [0.15, 0.2) is 22.2 Å². The molecule has 0 aromatic carbocycles. The third-order valence-electron chi connectivity index (χ3n) is 3.05. The van der Waals surface area contributed by atoms with E-state index in [0.717, 1.165) is 17.1 Å². The summed E-state index contributed by atoms with van der Waals surface area (Å²) in [6.45, 7) is 3.18. The van der Waals surface area contributed by atoms with Crippen LogP contribution >= 0.6 is 35.0 Å². The molecule has 0 spiro atoms. The molecule has 0 bridgehead atoms. The number of carbonyl (C=O) groups excluding carboxylic acids is 1. The van der Waals surface area contributed by atoms with E-state index in [4.69, 9.17) is 23.2 Å². The first kappa shape index (κ1) is 15.5. The fourth-order valence-electron chi connectivity index (χ4n) is 1.99. The van der Waals surface area contributed by atoms with Gasteiger partial charge in [0.15, 0.2) is 0 Å². The molecule has 3 rings (SSSR count). The highest BCUT2D eigenvalue weighted by molar-refractivity contribution is 7.99. The first-order valence-corrected chi connectivity index (χ1v) is 8.11. The molecule has 1 aliphatic rings. The second-order valence-corrected chi connectivity index (χ2v) is 6.38. The number of amides is 1. The first-order chi connectivity index (χ1) is 10.6. The molecule has 0 unspecified atom stereocenters. The quantitative estimate of drug-likeness (QED) is 0.798. The maximum absolute atomic E-state index is 12.0. The second kappa shape index (κ2) is 6.37. The van der Waals surface area contributed by atoms with Gasteiger partial charge in [-0.1, -0.05) is 35.0 Å². The lowest BCUT2D eigenvalue weighted by Crippen LogP contribution is -2.79. The van der Waals surface area contributed by atoms with E-state index in [1.54, 1.807) is 12.3 Å². The number of quaternary nitrogens is 1. The van der Waals surface area contributed by atoms with E-state index in [1.165, 1.54) is 11.8 Å². The monoisotopic (exact) mass is 356 g/mol. The van der Waals surface area contributed by atoms with Crippen LogP contribution < -0.4 is 10.6 Å². The molecule has 0 radical (unpaired) electrons. The van der Waals surface area contributed by atoms with Crippen LogP contribution in [0.1, 0.15) is 16.2 Å². The zero-order chi connectivity index (χ0) is 15.7. The first-order valence-electron chi connectivity index (χ1n) is 6.54. The lowest BCUT2D eigenvalue weighted by Gasteiger charge is -2.08. The molecule has 9 heteroatoms. The lowest BCUT2D eigenvalue weighted by atomic mass is 10.3. The molecule has 0 aliphatic carbocycles. The van der Waals surface area contributed by atoms with Crippen molar-refractivity contribution in [3.8, 4) is 0 Å². The van der Waals surface area contributed by atoms with Gasteiger partial charge in [-0.15, -0.1) is 0 Å². The molecule has 114 valence electrons. The zero-order valence-electron chi connectivity index (χ0n) is 11.6. The predicted octanol–water partition coefficient (Wildman–Crippen LogP) is 1.58. The van der Waals surface area contributed by atoms with Crippen molar-refractivity contribution < 1.29 is 10.1 Å². The van der Waals surface area contributed by atoms with Crippen molar-refractivity contribution in [3.05, 3.63) is 33.8 Å². The summed E-state index contributed by atoms with van der Waals surface area (Å²) in [6, 6.07) is 1.75. The third kappa shape index (κ3) is 3.03. The Bertz CT molecular complexity index is 755. The predicted molar refractivity (Wildman–Crippen MR) is 83.9 cm³/mol. The third-order valence-corrected chi connectivity index (χ3v) is 5.07. The highest BCUT2D eigenvalue weighted by atomic mass is 35.5. The van der Waals surface area contributed by atoms with Crippen LogP contribution in [-0.2, 0) is 0 Å². The van der Waals surface area contributed by atoms with Gasteiger partial charge < -0.3 is 5.32 Å². The van der Waals surface area contributed by atoms with E-state index >= 15 is 0 Å². The van der Waals surface area contributed by atoms with E-state index in [0.29, 0.717) is 28.1 Å². The van der Waals surface area contributed by atoms with Gasteiger partial charge in [0, 0.05) is 11.1 Å². The summed E-state index contributed by atoms with van der Waals surface area (Å²) >= 11 is 13.4. The molecule has 0 saturated carbocycles. The number of pyridine rings is 1. The van der Waals surface area contributed by atoms with Crippen LogP contribution in [0.2, 0.25) is 10.2 Å². The minimum Gasteiger partial charge on any atom is -0.345 e. The lowest BCUT2D eigenvalue weighted by molar-refractivity contribution is -0.572. The number of aromatic nitrogens is 3. The topological polar surface area (TPSA) is 84.4 Å². The van der Waals surface area contributed by atoms with Crippen LogP contribution in [-0.4, -0.2) is 33.9 Å². The Balaban J connectivity index is 2.01. The Labute approximate surface area is 141 Å². The van der Waals surface area contributed by atoms with Crippen LogP contribution in [0.3, 0.4) is 0 Å². The number of rotatable bonds is 2. The molecule has 3 N–H and O–H groups in total. The number of nitrogens with zero attached hydrogens (tertiary/aromatic N) is 3. The molecular formula is C13H12Cl2N5OS+. The summed E-state index contributed by atoms with van der Waals surface area (Å²) in [5.74, 6) is 0.410. The van der Waals surface area contributed by atoms with Gasteiger partial charge in [0.25, 0.3) is 11.7 Å². The van der Waals surface area contributed by atoms with Gasteiger partial charge in [-0.2, -0.15) is 4.98 Å². The average Bonchev–Trinajstić information content (AvgIpc) is 2.66. The van der Waals surface area contributed by atoms with Crippen molar-refractivity contribution in [2.24, 2.45) is 0 Å². The van der Waals surface area contributed by atoms with Crippen molar-refractivity contribution >= 4 is 46.7 Å². The second-order valence-electron chi connectivity index (χ2n) is 4.61. The van der Waals surface area contributed by atoms with Gasteiger partial charge in [0.1, 0.15) is 10.2 Å². The summed E-state index contributed by atoms with van der Waals surface area (Å²) in [5, 5.41) is 5.92. The molecule has 0 atom stereocenters. The highest BCUT2D eigenvalue weighted by Crippen LogP contribution is 2.36. The standard InChI is InChI=1S/C13H11Cl2N5OS/c1-6-13(22-7-2-3-16-10(15)8(7)14)20-9-11(19-6)17-4-5-18-12(9)21/h2-3H,4-5H2,1H3,(H,17,19)(H,18,21)/p+1.